The zero-order valence-corrected chi connectivity index (χ0v) is 12.6. The summed E-state index contributed by atoms with van der Waals surface area (Å²) in [5.74, 6) is 0. The van der Waals surface area contributed by atoms with Gasteiger partial charge in [0.15, 0.2) is 0 Å². The number of nitrogens with one attached hydrogen (secondary N) is 1. The molecule has 2 N–H and O–H groups in total. The molecule has 0 heterocycles. The third-order valence-corrected chi connectivity index (χ3v) is 4.27. The number of hydrogen-bond donors (Lipinski definition) is 2. The van der Waals surface area contributed by atoms with Crippen LogP contribution >= 0.6 is 0 Å². The molecule has 0 aliphatic heterocycles. The van der Waals surface area contributed by atoms with Crippen molar-refractivity contribution >= 4 is 5.69 Å². The average molecular weight is 281 g/mol. The molecule has 2 nitrogen and oxygen atoms in total. The molecule has 0 spiro atoms. The van der Waals surface area contributed by atoms with Gasteiger partial charge in [-0.25, -0.2) is 0 Å². The van der Waals surface area contributed by atoms with Gasteiger partial charge in [-0.15, -0.1) is 0 Å². The molecule has 2 aromatic carbocycles. The molecule has 0 radical (unpaired) electrons. The highest BCUT2D eigenvalue weighted by Gasteiger charge is 2.22. The molecule has 1 aliphatic rings. The lowest BCUT2D eigenvalue weighted by molar-refractivity contribution is 0.288. The summed E-state index contributed by atoms with van der Waals surface area (Å²) < 4.78 is 0. The summed E-state index contributed by atoms with van der Waals surface area (Å²) in [6.45, 7) is 2.41. The number of rotatable bonds is 5. The number of hydrogen-bond acceptors (Lipinski definition) is 2. The van der Waals surface area contributed by atoms with Crippen LogP contribution in [0.25, 0.3) is 0 Å². The third-order valence-electron chi connectivity index (χ3n) is 4.27. The number of aryl methyl sites for hydroxylation is 3. The molecule has 3 rings (SSSR count). The Morgan fingerprint density at radius 2 is 2.10 bits per heavy atom. The first kappa shape index (κ1) is 14.2. The molecule has 0 amide bonds. The lowest BCUT2D eigenvalue weighted by Crippen LogP contribution is -2.07. The highest BCUT2D eigenvalue weighted by atomic mass is 16.2. The van der Waals surface area contributed by atoms with Crippen molar-refractivity contribution in [3.8, 4) is 0 Å². The van der Waals surface area contributed by atoms with Crippen LogP contribution in [0.5, 0.6) is 0 Å². The second-order valence-electron chi connectivity index (χ2n) is 5.97. The van der Waals surface area contributed by atoms with Gasteiger partial charge in [0.1, 0.15) is 0 Å². The van der Waals surface area contributed by atoms with E-state index in [1.165, 1.54) is 34.4 Å². The molecule has 110 valence electrons. The first-order valence-corrected chi connectivity index (χ1v) is 7.82. The fraction of sp³-hybridized carbons (Fsp3) is 0.368. The van der Waals surface area contributed by atoms with Crippen LogP contribution in [0.4, 0.5) is 5.69 Å². The Morgan fingerprint density at radius 3 is 2.95 bits per heavy atom. The quantitative estimate of drug-likeness (QED) is 0.867. The number of fused-ring (bicyclic) bond motifs is 1. The highest BCUT2D eigenvalue weighted by molar-refractivity contribution is 5.50. The van der Waals surface area contributed by atoms with Gasteiger partial charge in [0, 0.05) is 12.3 Å². The Balaban J connectivity index is 1.75. The highest BCUT2D eigenvalue weighted by Crippen LogP contribution is 2.34. The SMILES string of the molecule is Cc1ccc2c(c1)C(Nc1cccc(CCCO)c1)CC2. The first-order chi connectivity index (χ1) is 10.3. The number of aliphatic hydroxyl groups excluding tert-OH is 1. The molecular weight excluding hydrogens is 258 g/mol. The second-order valence-corrected chi connectivity index (χ2v) is 5.97. The van der Waals surface area contributed by atoms with Gasteiger partial charge in [-0.05, 0) is 61.4 Å². The minimum absolute atomic E-state index is 0.257. The van der Waals surface area contributed by atoms with Crippen molar-refractivity contribution in [3.05, 3.63) is 64.7 Å². The standard InChI is InChI=1S/C19H23NO/c1-14-7-8-16-9-10-19(18(16)12-14)20-17-6-2-4-15(13-17)5-3-11-21/h2,4,6-8,12-13,19-21H,3,5,9-11H2,1H3. The number of anilines is 1. The smallest absolute Gasteiger partial charge is 0.0519 e. The fourth-order valence-corrected chi connectivity index (χ4v) is 3.17. The summed E-state index contributed by atoms with van der Waals surface area (Å²) in [6, 6.07) is 15.8. The van der Waals surface area contributed by atoms with Crippen LogP contribution in [-0.2, 0) is 12.8 Å². The zero-order chi connectivity index (χ0) is 14.7. The molecule has 1 aliphatic carbocycles. The van der Waals surface area contributed by atoms with Crippen LogP contribution in [0.15, 0.2) is 42.5 Å². The normalized spacial score (nSPS) is 16.8. The van der Waals surface area contributed by atoms with Crippen molar-refractivity contribution in [1.82, 2.24) is 0 Å². The van der Waals surface area contributed by atoms with Gasteiger partial charge in [-0.3, -0.25) is 0 Å². The molecule has 0 aromatic heterocycles. The minimum Gasteiger partial charge on any atom is -0.396 e. The van der Waals surface area contributed by atoms with Crippen LogP contribution in [0.1, 0.15) is 41.1 Å². The van der Waals surface area contributed by atoms with E-state index in [4.69, 9.17) is 5.11 Å². The van der Waals surface area contributed by atoms with Gasteiger partial charge in [0.2, 0.25) is 0 Å². The lowest BCUT2D eigenvalue weighted by Gasteiger charge is -2.17. The van der Waals surface area contributed by atoms with Gasteiger partial charge in [-0.2, -0.15) is 0 Å². The molecule has 1 unspecified atom stereocenters. The summed E-state index contributed by atoms with van der Waals surface area (Å²) in [5.41, 5.74) is 6.74. The van der Waals surface area contributed by atoms with Crippen LogP contribution in [0.2, 0.25) is 0 Å². The lowest BCUT2D eigenvalue weighted by atomic mass is 10.0. The van der Waals surface area contributed by atoms with Crippen LogP contribution in [-0.4, -0.2) is 11.7 Å². The van der Waals surface area contributed by atoms with E-state index in [9.17, 15) is 0 Å². The Hall–Kier alpha value is -1.80. The molecule has 0 saturated carbocycles. The van der Waals surface area contributed by atoms with E-state index in [0.717, 1.165) is 19.3 Å². The summed E-state index contributed by atoms with van der Waals surface area (Å²) in [5, 5.41) is 12.6. The maximum Gasteiger partial charge on any atom is 0.0519 e. The molecule has 0 bridgehead atoms. The van der Waals surface area contributed by atoms with E-state index in [1.807, 2.05) is 0 Å². The van der Waals surface area contributed by atoms with Gasteiger partial charge in [-0.1, -0.05) is 35.9 Å². The molecule has 21 heavy (non-hydrogen) atoms. The van der Waals surface area contributed by atoms with E-state index >= 15 is 0 Å². The molecule has 1 atom stereocenters. The van der Waals surface area contributed by atoms with E-state index in [0.29, 0.717) is 6.04 Å². The molecular formula is C19H23NO. The van der Waals surface area contributed by atoms with E-state index in [-0.39, 0.29) is 6.61 Å². The Kier molecular flexibility index (Phi) is 4.26. The average Bonchev–Trinajstić information content (AvgIpc) is 2.88. The largest absolute Gasteiger partial charge is 0.396 e. The minimum atomic E-state index is 0.257. The summed E-state index contributed by atoms with van der Waals surface area (Å²) in [6.07, 6.45) is 4.10. The predicted octanol–water partition coefficient (Wildman–Crippen LogP) is 4.02. The third kappa shape index (κ3) is 3.27. The summed E-state index contributed by atoms with van der Waals surface area (Å²) >= 11 is 0. The monoisotopic (exact) mass is 281 g/mol. The maximum atomic E-state index is 8.95. The topological polar surface area (TPSA) is 32.3 Å². The summed E-state index contributed by atoms with van der Waals surface area (Å²) in [7, 11) is 0. The maximum absolute atomic E-state index is 8.95. The van der Waals surface area contributed by atoms with E-state index in [1.54, 1.807) is 0 Å². The fourth-order valence-electron chi connectivity index (χ4n) is 3.17. The van der Waals surface area contributed by atoms with E-state index < -0.39 is 0 Å². The number of benzene rings is 2. The van der Waals surface area contributed by atoms with Crippen molar-refractivity contribution in [3.63, 3.8) is 0 Å². The summed E-state index contributed by atoms with van der Waals surface area (Å²) in [4.78, 5) is 0. The molecule has 2 heteroatoms. The van der Waals surface area contributed by atoms with Crippen LogP contribution < -0.4 is 5.32 Å². The van der Waals surface area contributed by atoms with Gasteiger partial charge in [0.25, 0.3) is 0 Å². The van der Waals surface area contributed by atoms with Gasteiger partial charge >= 0.3 is 0 Å². The van der Waals surface area contributed by atoms with Crippen molar-refractivity contribution in [2.45, 2.75) is 38.6 Å². The molecule has 0 fully saturated rings. The van der Waals surface area contributed by atoms with Crippen molar-refractivity contribution in [2.24, 2.45) is 0 Å². The van der Waals surface area contributed by atoms with Crippen molar-refractivity contribution in [2.75, 3.05) is 11.9 Å². The van der Waals surface area contributed by atoms with Crippen LogP contribution in [0, 0.1) is 6.92 Å². The Morgan fingerprint density at radius 1 is 1.19 bits per heavy atom. The Bertz CT molecular complexity index is 621. The first-order valence-electron chi connectivity index (χ1n) is 7.82. The van der Waals surface area contributed by atoms with Gasteiger partial charge < -0.3 is 10.4 Å². The van der Waals surface area contributed by atoms with Crippen LogP contribution in [0.3, 0.4) is 0 Å². The van der Waals surface area contributed by atoms with Crippen molar-refractivity contribution in [1.29, 1.82) is 0 Å². The van der Waals surface area contributed by atoms with Gasteiger partial charge in [0.05, 0.1) is 6.04 Å². The van der Waals surface area contributed by atoms with E-state index in [2.05, 4.69) is 54.7 Å². The number of aliphatic hydroxyl groups is 1. The predicted molar refractivity (Wildman–Crippen MR) is 87.7 cm³/mol. The Labute approximate surface area is 126 Å². The second kappa shape index (κ2) is 6.31. The molecule has 2 aromatic rings. The van der Waals surface area contributed by atoms with Crippen molar-refractivity contribution < 1.29 is 5.11 Å². The molecule has 0 saturated heterocycles. The zero-order valence-electron chi connectivity index (χ0n) is 12.6.